The number of hydrogen-bond donors (Lipinski definition) is 2. The molecule has 1 rings (SSSR count). The van der Waals surface area contributed by atoms with Crippen LogP contribution in [0.4, 0.5) is 0 Å². The van der Waals surface area contributed by atoms with Gasteiger partial charge in [0.25, 0.3) is 5.91 Å². The maximum atomic E-state index is 11.7. The number of benzene rings is 1. The molecule has 1 atom stereocenters. The molecule has 0 saturated heterocycles. The average molecular weight is 236 g/mol. The van der Waals surface area contributed by atoms with E-state index < -0.39 is 5.60 Å². The Morgan fingerprint density at radius 2 is 2.00 bits per heavy atom. The van der Waals surface area contributed by atoms with Crippen molar-refractivity contribution in [2.45, 2.75) is 25.5 Å². The molecule has 0 aliphatic carbocycles. The molecule has 0 fully saturated rings. The van der Waals surface area contributed by atoms with Crippen LogP contribution < -0.4 is 11.1 Å². The number of nitrogens with one attached hydrogen (secondary N) is 1. The molecule has 0 aliphatic heterocycles. The molecular formula is C13H20N2O2. The molecule has 0 aliphatic rings. The Hall–Kier alpha value is -1.39. The smallest absolute Gasteiger partial charge is 0.251 e. The predicted molar refractivity (Wildman–Crippen MR) is 67.5 cm³/mol. The molecule has 1 unspecified atom stereocenters. The van der Waals surface area contributed by atoms with Gasteiger partial charge in [0, 0.05) is 19.7 Å². The van der Waals surface area contributed by atoms with E-state index in [1.54, 1.807) is 13.8 Å². The first-order valence-electron chi connectivity index (χ1n) is 5.61. The van der Waals surface area contributed by atoms with E-state index in [1.165, 1.54) is 7.11 Å². The zero-order valence-electron chi connectivity index (χ0n) is 10.6. The molecule has 0 aromatic heterocycles. The minimum atomic E-state index is -0.823. The van der Waals surface area contributed by atoms with Gasteiger partial charge in [-0.15, -0.1) is 0 Å². The number of nitrogens with two attached hydrogens (primary N) is 1. The topological polar surface area (TPSA) is 64.3 Å². The molecule has 0 saturated carbocycles. The third-order valence-electron chi connectivity index (χ3n) is 2.77. The van der Waals surface area contributed by atoms with E-state index in [-0.39, 0.29) is 11.9 Å². The van der Waals surface area contributed by atoms with Gasteiger partial charge in [-0.2, -0.15) is 0 Å². The Labute approximate surface area is 102 Å². The summed E-state index contributed by atoms with van der Waals surface area (Å²) in [6.45, 7) is 3.84. The number of carbonyl (C=O) groups excluding carboxylic acids is 1. The average Bonchev–Trinajstić information content (AvgIpc) is 2.36. The quantitative estimate of drug-likeness (QED) is 0.808. The monoisotopic (exact) mass is 236 g/mol. The van der Waals surface area contributed by atoms with Crippen LogP contribution in [0.2, 0.25) is 0 Å². The molecule has 0 spiro atoms. The van der Waals surface area contributed by atoms with E-state index in [0.717, 1.165) is 5.56 Å². The molecule has 0 bridgehead atoms. The fourth-order valence-corrected chi connectivity index (χ4v) is 1.33. The lowest BCUT2D eigenvalue weighted by Gasteiger charge is -2.23. The van der Waals surface area contributed by atoms with Gasteiger partial charge in [0.2, 0.25) is 0 Å². The maximum Gasteiger partial charge on any atom is 0.251 e. The predicted octanol–water partition coefficient (Wildman–Crippen LogP) is 1.23. The minimum absolute atomic E-state index is 0.161. The van der Waals surface area contributed by atoms with Crippen molar-refractivity contribution in [2.24, 2.45) is 5.73 Å². The fraction of sp³-hybridized carbons (Fsp3) is 0.462. The molecule has 0 radical (unpaired) electrons. The number of carbonyl (C=O) groups is 1. The summed E-state index contributed by atoms with van der Waals surface area (Å²) >= 11 is 0. The first-order chi connectivity index (χ1) is 7.97. The van der Waals surface area contributed by atoms with Crippen molar-refractivity contribution in [3.05, 3.63) is 35.9 Å². The van der Waals surface area contributed by atoms with Crippen LogP contribution in [0.1, 0.15) is 25.5 Å². The summed E-state index contributed by atoms with van der Waals surface area (Å²) in [5.74, 6) is -0.161. The highest BCUT2D eigenvalue weighted by atomic mass is 16.5. The Balaban J connectivity index is 2.49. The van der Waals surface area contributed by atoms with Gasteiger partial charge in [0.15, 0.2) is 0 Å². The third kappa shape index (κ3) is 3.84. The van der Waals surface area contributed by atoms with Crippen LogP contribution in [0.25, 0.3) is 0 Å². The van der Waals surface area contributed by atoms with Crippen LogP contribution >= 0.6 is 0 Å². The lowest BCUT2D eigenvalue weighted by Crippen LogP contribution is -2.45. The summed E-state index contributed by atoms with van der Waals surface area (Å²) in [4.78, 5) is 11.7. The second-order valence-corrected chi connectivity index (χ2v) is 4.44. The van der Waals surface area contributed by atoms with E-state index in [0.29, 0.717) is 6.54 Å². The van der Waals surface area contributed by atoms with Crippen LogP contribution in [0, 0.1) is 0 Å². The van der Waals surface area contributed by atoms with Gasteiger partial charge >= 0.3 is 0 Å². The number of hydrogen-bond acceptors (Lipinski definition) is 3. The van der Waals surface area contributed by atoms with Crippen LogP contribution in [-0.2, 0) is 9.53 Å². The second kappa shape index (κ2) is 5.80. The SMILES string of the molecule is COC(C)(C)C(=O)NCC(N)c1ccccc1. The first-order valence-corrected chi connectivity index (χ1v) is 5.61. The highest BCUT2D eigenvalue weighted by Gasteiger charge is 2.26. The lowest BCUT2D eigenvalue weighted by molar-refractivity contribution is -0.139. The van der Waals surface area contributed by atoms with Gasteiger partial charge in [0.05, 0.1) is 0 Å². The van der Waals surface area contributed by atoms with Crippen LogP contribution in [0.15, 0.2) is 30.3 Å². The van der Waals surface area contributed by atoms with Crippen molar-refractivity contribution in [1.29, 1.82) is 0 Å². The number of methoxy groups -OCH3 is 1. The molecule has 4 nitrogen and oxygen atoms in total. The van der Waals surface area contributed by atoms with Crippen molar-refractivity contribution in [1.82, 2.24) is 5.32 Å². The van der Waals surface area contributed by atoms with Crippen molar-refractivity contribution in [3.63, 3.8) is 0 Å². The van der Waals surface area contributed by atoms with Crippen molar-refractivity contribution >= 4 is 5.91 Å². The molecule has 1 aromatic carbocycles. The second-order valence-electron chi connectivity index (χ2n) is 4.44. The van der Waals surface area contributed by atoms with Crippen molar-refractivity contribution < 1.29 is 9.53 Å². The fourth-order valence-electron chi connectivity index (χ4n) is 1.33. The van der Waals surface area contributed by atoms with Crippen LogP contribution in [0.5, 0.6) is 0 Å². The van der Waals surface area contributed by atoms with Crippen LogP contribution in [0.3, 0.4) is 0 Å². The Morgan fingerprint density at radius 3 is 2.53 bits per heavy atom. The van der Waals surface area contributed by atoms with Gasteiger partial charge in [-0.25, -0.2) is 0 Å². The van der Waals surface area contributed by atoms with Crippen LogP contribution in [-0.4, -0.2) is 25.2 Å². The maximum absolute atomic E-state index is 11.7. The standard InChI is InChI=1S/C13H20N2O2/c1-13(2,17-3)12(16)15-9-11(14)10-7-5-4-6-8-10/h4-8,11H,9,14H2,1-3H3,(H,15,16). The molecule has 1 aromatic rings. The Bertz CT molecular complexity index is 363. The van der Waals surface area contributed by atoms with E-state index >= 15 is 0 Å². The summed E-state index contributed by atoms with van der Waals surface area (Å²) in [6.07, 6.45) is 0. The molecule has 0 heterocycles. The van der Waals surface area contributed by atoms with E-state index in [1.807, 2.05) is 30.3 Å². The summed E-state index contributed by atoms with van der Waals surface area (Å²) in [7, 11) is 1.51. The van der Waals surface area contributed by atoms with Gasteiger partial charge in [0.1, 0.15) is 5.60 Å². The molecular weight excluding hydrogens is 216 g/mol. The number of rotatable bonds is 5. The largest absolute Gasteiger partial charge is 0.369 e. The Kier molecular flexibility index (Phi) is 4.66. The van der Waals surface area contributed by atoms with E-state index in [9.17, 15) is 4.79 Å². The number of amides is 1. The lowest BCUT2D eigenvalue weighted by atomic mass is 10.1. The molecule has 17 heavy (non-hydrogen) atoms. The summed E-state index contributed by atoms with van der Waals surface area (Å²) < 4.78 is 5.08. The van der Waals surface area contributed by atoms with Gasteiger partial charge < -0.3 is 15.8 Å². The van der Waals surface area contributed by atoms with Gasteiger partial charge in [-0.05, 0) is 19.4 Å². The van der Waals surface area contributed by atoms with Gasteiger partial charge in [-0.1, -0.05) is 30.3 Å². The third-order valence-corrected chi connectivity index (χ3v) is 2.77. The normalized spacial score (nSPS) is 13.2. The molecule has 1 amide bonds. The van der Waals surface area contributed by atoms with Gasteiger partial charge in [-0.3, -0.25) is 4.79 Å². The number of ether oxygens (including phenoxy) is 1. The zero-order valence-corrected chi connectivity index (χ0v) is 10.6. The Morgan fingerprint density at radius 1 is 1.41 bits per heavy atom. The van der Waals surface area contributed by atoms with Crippen molar-refractivity contribution in [2.75, 3.05) is 13.7 Å². The summed E-state index contributed by atoms with van der Waals surface area (Å²) in [6, 6.07) is 9.47. The van der Waals surface area contributed by atoms with E-state index in [4.69, 9.17) is 10.5 Å². The minimum Gasteiger partial charge on any atom is -0.369 e. The summed E-state index contributed by atoms with van der Waals surface area (Å²) in [5.41, 5.74) is 6.15. The first kappa shape index (κ1) is 13.7. The highest BCUT2D eigenvalue weighted by Crippen LogP contribution is 2.10. The van der Waals surface area contributed by atoms with Crippen molar-refractivity contribution in [3.8, 4) is 0 Å². The zero-order chi connectivity index (χ0) is 12.9. The molecule has 3 N–H and O–H groups in total. The summed E-state index contributed by atoms with van der Waals surface area (Å²) in [5, 5.41) is 2.78. The highest BCUT2D eigenvalue weighted by molar-refractivity contribution is 5.84. The molecule has 4 heteroatoms. The van der Waals surface area contributed by atoms with E-state index in [2.05, 4.69) is 5.32 Å². The molecule has 94 valence electrons.